The lowest BCUT2D eigenvalue weighted by Crippen LogP contribution is -2.45. The van der Waals surface area contributed by atoms with Crippen LogP contribution in [-0.4, -0.2) is 18.0 Å². The average Bonchev–Trinajstić information content (AvgIpc) is 2.47. The summed E-state index contributed by atoms with van der Waals surface area (Å²) < 4.78 is 0. The molecule has 1 aromatic heterocycles. The Morgan fingerprint density at radius 2 is 2.20 bits per heavy atom. The van der Waals surface area contributed by atoms with E-state index in [1.165, 1.54) is 4.88 Å². The van der Waals surface area contributed by atoms with E-state index in [0.717, 1.165) is 4.88 Å². The third-order valence-corrected chi connectivity index (χ3v) is 2.87. The van der Waals surface area contributed by atoms with Gasteiger partial charge in [-0.3, -0.25) is 4.79 Å². The summed E-state index contributed by atoms with van der Waals surface area (Å²) in [5.41, 5.74) is 5.42. The van der Waals surface area contributed by atoms with E-state index < -0.39 is 0 Å². The molecule has 0 saturated heterocycles. The maximum Gasteiger partial charge on any atom is 0.225 e. The van der Waals surface area contributed by atoms with Crippen LogP contribution < -0.4 is 11.1 Å². The van der Waals surface area contributed by atoms with Crippen LogP contribution in [0.25, 0.3) is 0 Å². The maximum absolute atomic E-state index is 11.5. The zero-order valence-electron chi connectivity index (χ0n) is 9.46. The second-order valence-electron chi connectivity index (χ2n) is 4.45. The molecule has 1 rings (SSSR count). The summed E-state index contributed by atoms with van der Waals surface area (Å²) in [5, 5.41) is 2.82. The molecular formula is C11H18N2OS. The first-order valence-corrected chi connectivity index (χ1v) is 5.79. The van der Waals surface area contributed by atoms with Gasteiger partial charge in [-0.15, -0.1) is 11.3 Å². The number of carbonyl (C=O) groups excluding carboxylic acids is 1. The predicted octanol–water partition coefficient (Wildman–Crippen LogP) is 1.45. The van der Waals surface area contributed by atoms with E-state index in [1.807, 2.05) is 32.9 Å². The van der Waals surface area contributed by atoms with Gasteiger partial charge in [0.2, 0.25) is 5.91 Å². The van der Waals surface area contributed by atoms with Crippen LogP contribution in [0.3, 0.4) is 0 Å². The zero-order valence-corrected chi connectivity index (χ0v) is 10.3. The van der Waals surface area contributed by atoms with Gasteiger partial charge in [0.1, 0.15) is 0 Å². The molecule has 1 aromatic rings. The van der Waals surface area contributed by atoms with E-state index in [-0.39, 0.29) is 11.4 Å². The van der Waals surface area contributed by atoms with Gasteiger partial charge >= 0.3 is 0 Å². The van der Waals surface area contributed by atoms with Crippen molar-refractivity contribution >= 4 is 17.2 Å². The molecule has 15 heavy (non-hydrogen) atoms. The fourth-order valence-corrected chi connectivity index (χ4v) is 2.02. The van der Waals surface area contributed by atoms with E-state index in [9.17, 15) is 4.79 Å². The standard InChI is InChI=1S/C11H18N2OS/c1-8-4-5-9(15-8)6-10(14)13-7-11(2,3)12/h4-5H,6-7,12H2,1-3H3,(H,13,14). The van der Waals surface area contributed by atoms with Crippen LogP contribution in [0.15, 0.2) is 12.1 Å². The molecule has 0 radical (unpaired) electrons. The van der Waals surface area contributed by atoms with Crippen LogP contribution in [0.1, 0.15) is 23.6 Å². The van der Waals surface area contributed by atoms with Gasteiger partial charge in [0.15, 0.2) is 0 Å². The molecule has 1 heterocycles. The molecule has 0 atom stereocenters. The number of aryl methyl sites for hydroxylation is 1. The van der Waals surface area contributed by atoms with Crippen LogP contribution in [0.4, 0.5) is 0 Å². The maximum atomic E-state index is 11.5. The average molecular weight is 226 g/mol. The minimum atomic E-state index is -0.346. The second kappa shape index (κ2) is 4.77. The first kappa shape index (κ1) is 12.2. The second-order valence-corrected chi connectivity index (χ2v) is 5.83. The molecule has 0 aliphatic carbocycles. The van der Waals surface area contributed by atoms with Crippen LogP contribution in [-0.2, 0) is 11.2 Å². The quantitative estimate of drug-likeness (QED) is 0.816. The lowest BCUT2D eigenvalue weighted by Gasteiger charge is -2.18. The van der Waals surface area contributed by atoms with Crippen molar-refractivity contribution < 1.29 is 4.79 Å². The highest BCUT2D eigenvalue weighted by Gasteiger charge is 2.12. The lowest BCUT2D eigenvalue weighted by atomic mass is 10.1. The summed E-state index contributed by atoms with van der Waals surface area (Å²) in [7, 11) is 0. The van der Waals surface area contributed by atoms with Crippen LogP contribution in [0.5, 0.6) is 0 Å². The Labute approximate surface area is 94.7 Å². The molecule has 4 heteroatoms. The van der Waals surface area contributed by atoms with Crippen molar-refractivity contribution in [2.75, 3.05) is 6.54 Å². The summed E-state index contributed by atoms with van der Waals surface area (Å²) in [6.45, 7) is 6.33. The molecule has 0 aliphatic rings. The van der Waals surface area contributed by atoms with E-state index in [1.54, 1.807) is 11.3 Å². The monoisotopic (exact) mass is 226 g/mol. The largest absolute Gasteiger partial charge is 0.354 e. The molecule has 0 unspecified atom stereocenters. The van der Waals surface area contributed by atoms with Crippen molar-refractivity contribution in [1.29, 1.82) is 0 Å². The Bertz CT molecular complexity index is 339. The Morgan fingerprint density at radius 1 is 1.53 bits per heavy atom. The van der Waals surface area contributed by atoms with Crippen LogP contribution in [0, 0.1) is 6.92 Å². The van der Waals surface area contributed by atoms with E-state index in [2.05, 4.69) is 5.32 Å². The highest BCUT2D eigenvalue weighted by Crippen LogP contribution is 2.15. The topological polar surface area (TPSA) is 55.1 Å². The number of rotatable bonds is 4. The summed E-state index contributed by atoms with van der Waals surface area (Å²) in [4.78, 5) is 13.8. The fraction of sp³-hybridized carbons (Fsp3) is 0.545. The van der Waals surface area contributed by atoms with Crippen LogP contribution >= 0.6 is 11.3 Å². The zero-order chi connectivity index (χ0) is 11.5. The normalized spacial score (nSPS) is 11.5. The summed E-state index contributed by atoms with van der Waals surface area (Å²) in [5.74, 6) is 0.0374. The molecule has 0 bridgehead atoms. The SMILES string of the molecule is Cc1ccc(CC(=O)NCC(C)(C)N)s1. The lowest BCUT2D eigenvalue weighted by molar-refractivity contribution is -0.120. The number of carbonyl (C=O) groups is 1. The number of hydrogen-bond acceptors (Lipinski definition) is 3. The van der Waals surface area contributed by atoms with Crippen molar-refractivity contribution in [1.82, 2.24) is 5.32 Å². The van der Waals surface area contributed by atoms with Crippen molar-refractivity contribution in [3.05, 3.63) is 21.9 Å². The summed E-state index contributed by atoms with van der Waals surface area (Å²) in [6, 6.07) is 4.02. The summed E-state index contributed by atoms with van der Waals surface area (Å²) in [6.07, 6.45) is 0.453. The van der Waals surface area contributed by atoms with Gasteiger partial charge in [-0.25, -0.2) is 0 Å². The van der Waals surface area contributed by atoms with E-state index in [4.69, 9.17) is 5.73 Å². The van der Waals surface area contributed by atoms with Gasteiger partial charge in [0.25, 0.3) is 0 Å². The molecule has 0 fully saturated rings. The minimum absolute atomic E-state index is 0.0374. The number of nitrogens with one attached hydrogen (secondary N) is 1. The van der Waals surface area contributed by atoms with Crippen molar-refractivity contribution in [3.63, 3.8) is 0 Å². The molecule has 0 saturated carbocycles. The summed E-state index contributed by atoms with van der Waals surface area (Å²) >= 11 is 1.66. The number of hydrogen-bond donors (Lipinski definition) is 2. The Morgan fingerprint density at radius 3 is 2.67 bits per heavy atom. The molecule has 84 valence electrons. The molecule has 3 N–H and O–H groups in total. The predicted molar refractivity (Wildman–Crippen MR) is 64.0 cm³/mol. The van der Waals surface area contributed by atoms with Gasteiger partial charge < -0.3 is 11.1 Å². The molecule has 0 aromatic carbocycles. The molecule has 0 spiro atoms. The smallest absolute Gasteiger partial charge is 0.225 e. The molecular weight excluding hydrogens is 208 g/mol. The van der Waals surface area contributed by atoms with Gasteiger partial charge in [-0.05, 0) is 32.9 Å². The Hall–Kier alpha value is -0.870. The first-order valence-electron chi connectivity index (χ1n) is 4.98. The highest BCUT2D eigenvalue weighted by atomic mass is 32.1. The fourth-order valence-electron chi connectivity index (χ4n) is 1.13. The number of thiophene rings is 1. The molecule has 0 aliphatic heterocycles. The molecule has 3 nitrogen and oxygen atoms in total. The minimum Gasteiger partial charge on any atom is -0.354 e. The third kappa shape index (κ3) is 4.95. The van der Waals surface area contributed by atoms with E-state index >= 15 is 0 Å². The Balaban J connectivity index is 2.37. The molecule has 1 amide bonds. The highest BCUT2D eigenvalue weighted by molar-refractivity contribution is 7.12. The number of amides is 1. The van der Waals surface area contributed by atoms with Crippen LogP contribution in [0.2, 0.25) is 0 Å². The first-order chi connectivity index (χ1) is 6.87. The van der Waals surface area contributed by atoms with Crippen molar-refractivity contribution in [3.8, 4) is 0 Å². The van der Waals surface area contributed by atoms with Gasteiger partial charge in [-0.1, -0.05) is 0 Å². The van der Waals surface area contributed by atoms with Crippen molar-refractivity contribution in [2.24, 2.45) is 5.73 Å². The van der Waals surface area contributed by atoms with Gasteiger partial charge in [-0.2, -0.15) is 0 Å². The van der Waals surface area contributed by atoms with Gasteiger partial charge in [0.05, 0.1) is 6.42 Å². The Kier molecular flexibility index (Phi) is 3.88. The van der Waals surface area contributed by atoms with Gasteiger partial charge in [0, 0.05) is 21.8 Å². The van der Waals surface area contributed by atoms with E-state index in [0.29, 0.717) is 13.0 Å². The number of nitrogens with two attached hydrogens (primary N) is 1. The third-order valence-electron chi connectivity index (χ3n) is 1.87. The van der Waals surface area contributed by atoms with Crippen molar-refractivity contribution in [2.45, 2.75) is 32.7 Å².